The van der Waals surface area contributed by atoms with Crippen LogP contribution in [0.1, 0.15) is 44.8 Å². The summed E-state index contributed by atoms with van der Waals surface area (Å²) in [6.45, 7) is 3.81. The molecule has 0 aliphatic rings. The van der Waals surface area contributed by atoms with Crippen LogP contribution in [-0.2, 0) is 11.3 Å². The zero-order valence-corrected chi connectivity index (χ0v) is 30.0. The minimum absolute atomic E-state index is 0. The van der Waals surface area contributed by atoms with Crippen LogP contribution >= 0.6 is 0 Å². The molecule has 4 amide bonds. The summed E-state index contributed by atoms with van der Waals surface area (Å²) in [5.74, 6) is 0.509. The highest BCUT2D eigenvalue weighted by Crippen LogP contribution is 2.21. The second kappa shape index (κ2) is 19.5. The monoisotopic (exact) mass is 736 g/mol. The van der Waals surface area contributed by atoms with Crippen LogP contribution in [0.25, 0.3) is 0 Å². The van der Waals surface area contributed by atoms with E-state index in [1.54, 1.807) is 71.5 Å². The van der Waals surface area contributed by atoms with Crippen molar-refractivity contribution in [3.63, 3.8) is 0 Å². The second-order valence-electron chi connectivity index (χ2n) is 11.4. The van der Waals surface area contributed by atoms with Crippen molar-refractivity contribution in [3.8, 4) is 0 Å². The summed E-state index contributed by atoms with van der Waals surface area (Å²) in [5.41, 5.74) is 3.89. The fourth-order valence-electron chi connectivity index (χ4n) is 4.52. The normalized spacial score (nSPS) is 9.96. The minimum atomic E-state index is -1.05. The van der Waals surface area contributed by atoms with Crippen LogP contribution in [0.5, 0.6) is 0 Å². The summed E-state index contributed by atoms with van der Waals surface area (Å²) in [4.78, 5) is 67.3. The Bertz CT molecular complexity index is 2080. The number of anilines is 6. The Hall–Kier alpha value is -7.10. The van der Waals surface area contributed by atoms with Gasteiger partial charge >= 0.3 is 24.0 Å². The van der Waals surface area contributed by atoms with Gasteiger partial charge in [-0.2, -0.15) is 0 Å². The van der Waals surface area contributed by atoms with Crippen LogP contribution in [-0.4, -0.2) is 77.2 Å². The molecule has 3 aromatic carbocycles. The van der Waals surface area contributed by atoms with Crippen molar-refractivity contribution in [1.29, 1.82) is 0 Å². The lowest BCUT2D eigenvalue weighted by molar-refractivity contribution is 0.0472. The number of urea groups is 2. The number of hydrogen-bond acceptors (Lipinski definition) is 11. The summed E-state index contributed by atoms with van der Waals surface area (Å²) in [7, 11) is 6.61. The fraction of sp³-hybridized carbons (Fsp3) is 0.211. The van der Waals surface area contributed by atoms with Crippen molar-refractivity contribution in [2.75, 3.05) is 59.3 Å². The number of benzene rings is 3. The van der Waals surface area contributed by atoms with Crippen LogP contribution < -0.4 is 31.1 Å². The van der Waals surface area contributed by atoms with Gasteiger partial charge in [0.2, 0.25) is 0 Å². The number of esters is 1. The fourth-order valence-corrected chi connectivity index (χ4v) is 4.52. The molecule has 0 bridgehead atoms. The zero-order chi connectivity index (χ0) is 38.5. The number of carboxylic acids is 1. The van der Waals surface area contributed by atoms with Gasteiger partial charge < -0.3 is 31.1 Å². The van der Waals surface area contributed by atoms with E-state index in [2.05, 4.69) is 41.2 Å². The van der Waals surface area contributed by atoms with Gasteiger partial charge in [0, 0.05) is 51.7 Å². The molecule has 0 saturated carbocycles. The maximum absolute atomic E-state index is 12.7. The van der Waals surface area contributed by atoms with Crippen LogP contribution in [0.4, 0.5) is 44.2 Å². The van der Waals surface area contributed by atoms with Gasteiger partial charge in [-0.25, -0.2) is 39.1 Å². The zero-order valence-electron chi connectivity index (χ0n) is 30.0. The molecule has 0 aliphatic carbocycles. The van der Waals surface area contributed by atoms with Gasteiger partial charge in [-0.1, -0.05) is 49.9 Å². The molecule has 0 fully saturated rings. The molecule has 5 N–H and O–H groups in total. The van der Waals surface area contributed by atoms with Crippen LogP contribution in [0.15, 0.2) is 91.5 Å². The van der Waals surface area contributed by atoms with E-state index >= 15 is 0 Å². The molecule has 16 heteroatoms. The smallest absolute Gasteiger partial charge is 0.338 e. The number of carbonyl (C=O) groups excluding carboxylic acids is 3. The van der Waals surface area contributed by atoms with Crippen LogP contribution in [0, 0.1) is 13.8 Å². The predicted molar refractivity (Wildman–Crippen MR) is 210 cm³/mol. The largest absolute Gasteiger partial charge is 0.478 e. The number of ether oxygens (including phenoxy) is 1. The molecule has 54 heavy (non-hydrogen) atoms. The van der Waals surface area contributed by atoms with Crippen molar-refractivity contribution in [2.45, 2.75) is 27.9 Å². The molecule has 0 aliphatic heterocycles. The summed E-state index contributed by atoms with van der Waals surface area (Å²) in [6, 6.07) is 21.5. The van der Waals surface area contributed by atoms with E-state index in [1.165, 1.54) is 34.6 Å². The van der Waals surface area contributed by atoms with Crippen molar-refractivity contribution in [1.82, 2.24) is 19.9 Å². The number of rotatable bonds is 10. The van der Waals surface area contributed by atoms with Crippen molar-refractivity contribution >= 4 is 58.6 Å². The summed E-state index contributed by atoms with van der Waals surface area (Å²) >= 11 is 0. The Morgan fingerprint density at radius 2 is 1.13 bits per heavy atom. The second-order valence-corrected chi connectivity index (χ2v) is 11.4. The molecule has 0 atom stereocenters. The Kier molecular flexibility index (Phi) is 14.9. The quantitative estimate of drug-likeness (QED) is 0.0953. The van der Waals surface area contributed by atoms with Crippen LogP contribution in [0.2, 0.25) is 0 Å². The SMILES string of the molecule is C.CNc1cc(N(C)C(=O)Nc2cc(C(=O)O)ccc2C)ncn1.CNc1cc(N(C)C(=O)Nc2cc(C(=O)OCc3ccccc3)ccc2C)ncn1. The number of amides is 4. The topological polar surface area (TPSA) is 204 Å². The van der Waals surface area contributed by atoms with Crippen molar-refractivity contribution < 1.29 is 29.0 Å². The summed E-state index contributed by atoms with van der Waals surface area (Å²) < 4.78 is 5.37. The first-order chi connectivity index (χ1) is 25.4. The number of hydrogen-bond donors (Lipinski definition) is 5. The van der Waals surface area contributed by atoms with E-state index in [1.807, 2.05) is 37.3 Å². The maximum Gasteiger partial charge on any atom is 0.338 e. The highest BCUT2D eigenvalue weighted by molar-refractivity contribution is 6.03. The van der Waals surface area contributed by atoms with E-state index in [-0.39, 0.29) is 19.6 Å². The molecule has 16 nitrogen and oxygen atoms in total. The van der Waals surface area contributed by atoms with Crippen LogP contribution in [0.3, 0.4) is 0 Å². The predicted octanol–water partition coefficient (Wildman–Crippen LogP) is 6.68. The number of aromatic carboxylic acids is 1. The molecular weight excluding hydrogens is 692 g/mol. The van der Waals surface area contributed by atoms with Gasteiger partial charge in [0.05, 0.1) is 11.1 Å². The number of carboxylic acid groups (broad SMARTS) is 1. The van der Waals surface area contributed by atoms with E-state index in [4.69, 9.17) is 9.84 Å². The molecule has 0 spiro atoms. The van der Waals surface area contributed by atoms with E-state index < -0.39 is 24.0 Å². The maximum atomic E-state index is 12.7. The highest BCUT2D eigenvalue weighted by atomic mass is 16.5. The lowest BCUT2D eigenvalue weighted by Crippen LogP contribution is -2.32. The Labute approximate surface area is 313 Å². The molecule has 282 valence electrons. The summed E-state index contributed by atoms with van der Waals surface area (Å²) in [6.07, 6.45) is 2.72. The first-order valence-electron chi connectivity index (χ1n) is 16.1. The molecule has 5 rings (SSSR count). The average Bonchev–Trinajstić information content (AvgIpc) is 3.18. The Morgan fingerprint density at radius 3 is 1.59 bits per heavy atom. The molecule has 2 heterocycles. The van der Waals surface area contributed by atoms with Gasteiger partial charge in [-0.3, -0.25) is 9.80 Å². The molecule has 0 unspecified atom stereocenters. The summed E-state index contributed by atoms with van der Waals surface area (Å²) in [5, 5.41) is 20.3. The number of nitrogens with zero attached hydrogens (tertiary/aromatic N) is 6. The lowest BCUT2D eigenvalue weighted by Gasteiger charge is -2.18. The number of aryl methyl sites for hydroxylation is 2. The first kappa shape index (κ1) is 41.3. The molecule has 0 radical (unpaired) electrons. The van der Waals surface area contributed by atoms with Crippen molar-refractivity contribution in [3.05, 3.63) is 119 Å². The third-order valence-electron chi connectivity index (χ3n) is 7.77. The van der Waals surface area contributed by atoms with E-state index in [0.29, 0.717) is 40.2 Å². The number of carbonyl (C=O) groups is 4. The van der Waals surface area contributed by atoms with E-state index in [0.717, 1.165) is 16.7 Å². The molecule has 2 aromatic heterocycles. The standard InChI is InChI=1S/C22H23N5O3.C15H17N5O3.CH4/c1-15-9-10-17(21(28)30-13-16-7-5-4-6-8-16)11-18(15)26-22(29)27(3)20-12-19(23-2)24-14-25-20;1-9-4-5-10(14(21)22)6-11(9)19-15(23)20(3)13-7-12(16-2)17-8-18-13;/h4-12,14H,13H2,1-3H3,(H,26,29)(H,23,24,25);4-8H,1-3H3,(H,19,23)(H,21,22)(H,16,17,18);1H4. The van der Waals surface area contributed by atoms with Gasteiger partial charge in [0.25, 0.3) is 0 Å². The van der Waals surface area contributed by atoms with Gasteiger partial charge in [0.1, 0.15) is 42.5 Å². The first-order valence-corrected chi connectivity index (χ1v) is 16.1. The Morgan fingerprint density at radius 1 is 0.667 bits per heavy atom. The lowest BCUT2D eigenvalue weighted by atomic mass is 10.1. The van der Waals surface area contributed by atoms with Gasteiger partial charge in [-0.15, -0.1) is 0 Å². The minimum Gasteiger partial charge on any atom is -0.478 e. The third kappa shape index (κ3) is 11.2. The highest BCUT2D eigenvalue weighted by Gasteiger charge is 2.17. The molecule has 5 aromatic rings. The van der Waals surface area contributed by atoms with E-state index in [9.17, 15) is 19.2 Å². The number of aromatic nitrogens is 4. The van der Waals surface area contributed by atoms with Crippen molar-refractivity contribution in [2.24, 2.45) is 0 Å². The third-order valence-corrected chi connectivity index (χ3v) is 7.77. The average molecular weight is 737 g/mol. The van der Waals surface area contributed by atoms with Gasteiger partial charge in [0.15, 0.2) is 0 Å². The molecule has 0 saturated heterocycles. The number of nitrogens with one attached hydrogen (secondary N) is 4. The van der Waals surface area contributed by atoms with Gasteiger partial charge in [-0.05, 0) is 54.8 Å². The Balaban J connectivity index is 0.000000295. The molecular formula is C38H44N10O6.